The van der Waals surface area contributed by atoms with Gasteiger partial charge in [0.05, 0.1) is 7.11 Å². The molecule has 0 unspecified atom stereocenters. The van der Waals surface area contributed by atoms with Gasteiger partial charge in [-0.05, 0) is 30.9 Å². The maximum absolute atomic E-state index is 6.26. The molecule has 82 valence electrons. The van der Waals surface area contributed by atoms with E-state index in [0.717, 1.165) is 10.8 Å². The first-order valence-corrected chi connectivity index (χ1v) is 6.03. The summed E-state index contributed by atoms with van der Waals surface area (Å²) in [7, 11) is 1.72. The van der Waals surface area contributed by atoms with Crippen LogP contribution in [0.3, 0.4) is 0 Å². The average molecular weight is 225 g/mol. The fourth-order valence-corrected chi connectivity index (χ4v) is 2.80. The fraction of sp³-hybridized carbons (Fsp3) is 0.538. The molecule has 0 atom stereocenters. The van der Waals surface area contributed by atoms with Crippen LogP contribution in [-0.2, 0) is 0 Å². The van der Waals surface area contributed by atoms with Crippen LogP contribution in [0, 0.1) is 0 Å². The third-order valence-corrected chi connectivity index (χ3v) is 3.58. The lowest BCUT2D eigenvalue weighted by molar-refractivity contribution is 0.387. The van der Waals surface area contributed by atoms with Crippen molar-refractivity contribution in [3.8, 4) is 5.75 Å². The molecule has 0 spiro atoms. The normalized spacial score (nSPS) is 17.7. The number of hydrogen-bond donors (Lipinski definition) is 0. The van der Waals surface area contributed by atoms with E-state index in [4.69, 9.17) is 16.3 Å². The Hall–Kier alpha value is -0.690. The smallest absolute Gasteiger partial charge is 0.123 e. The highest BCUT2D eigenvalue weighted by atomic mass is 35.5. The van der Waals surface area contributed by atoms with Crippen molar-refractivity contribution in [1.82, 2.24) is 0 Å². The molecule has 0 heterocycles. The van der Waals surface area contributed by atoms with Crippen LogP contribution in [0.15, 0.2) is 18.2 Å². The lowest BCUT2D eigenvalue weighted by atomic mass is 9.83. The van der Waals surface area contributed by atoms with E-state index in [-0.39, 0.29) is 0 Å². The third kappa shape index (κ3) is 2.28. The van der Waals surface area contributed by atoms with E-state index >= 15 is 0 Å². The SMILES string of the molecule is COc1cccc(Cl)c1C1CCCCC1. The van der Waals surface area contributed by atoms with Crippen molar-refractivity contribution in [2.45, 2.75) is 38.0 Å². The highest BCUT2D eigenvalue weighted by Gasteiger charge is 2.21. The van der Waals surface area contributed by atoms with Crippen LogP contribution >= 0.6 is 11.6 Å². The van der Waals surface area contributed by atoms with E-state index in [9.17, 15) is 0 Å². The largest absolute Gasteiger partial charge is 0.496 e. The maximum Gasteiger partial charge on any atom is 0.123 e. The standard InChI is InChI=1S/C13H17ClO/c1-15-12-9-5-8-11(14)13(12)10-6-3-2-4-7-10/h5,8-10H,2-4,6-7H2,1H3. The molecule has 0 N–H and O–H groups in total. The lowest BCUT2D eigenvalue weighted by Crippen LogP contribution is -2.06. The number of ether oxygens (including phenoxy) is 1. The molecule has 15 heavy (non-hydrogen) atoms. The van der Waals surface area contributed by atoms with Gasteiger partial charge in [0.25, 0.3) is 0 Å². The van der Waals surface area contributed by atoms with Gasteiger partial charge in [0.1, 0.15) is 5.75 Å². The van der Waals surface area contributed by atoms with Crippen molar-refractivity contribution in [3.63, 3.8) is 0 Å². The van der Waals surface area contributed by atoms with Crippen LogP contribution in [0.2, 0.25) is 5.02 Å². The molecule has 0 radical (unpaired) electrons. The third-order valence-electron chi connectivity index (χ3n) is 3.25. The van der Waals surface area contributed by atoms with Gasteiger partial charge in [-0.3, -0.25) is 0 Å². The fourth-order valence-electron chi connectivity index (χ4n) is 2.48. The van der Waals surface area contributed by atoms with E-state index in [1.54, 1.807) is 7.11 Å². The molecule has 0 aromatic heterocycles. The first-order valence-electron chi connectivity index (χ1n) is 5.65. The van der Waals surface area contributed by atoms with E-state index in [1.165, 1.54) is 37.7 Å². The number of methoxy groups -OCH3 is 1. The van der Waals surface area contributed by atoms with Gasteiger partial charge in [-0.15, -0.1) is 0 Å². The van der Waals surface area contributed by atoms with E-state index in [2.05, 4.69) is 0 Å². The summed E-state index contributed by atoms with van der Waals surface area (Å²) >= 11 is 6.26. The second-order valence-corrected chi connectivity index (χ2v) is 4.60. The Morgan fingerprint density at radius 2 is 1.93 bits per heavy atom. The molecule has 0 bridgehead atoms. The van der Waals surface area contributed by atoms with Crippen molar-refractivity contribution in [3.05, 3.63) is 28.8 Å². The lowest BCUT2D eigenvalue weighted by Gasteiger charge is -2.24. The molecule has 0 aliphatic heterocycles. The first kappa shape index (κ1) is 10.8. The number of rotatable bonds is 2. The Morgan fingerprint density at radius 3 is 2.60 bits per heavy atom. The highest BCUT2D eigenvalue weighted by molar-refractivity contribution is 6.31. The van der Waals surface area contributed by atoms with Crippen molar-refractivity contribution < 1.29 is 4.74 Å². The van der Waals surface area contributed by atoms with Gasteiger partial charge in [0.2, 0.25) is 0 Å². The zero-order chi connectivity index (χ0) is 10.7. The summed E-state index contributed by atoms with van der Waals surface area (Å²) in [6, 6.07) is 5.93. The van der Waals surface area contributed by atoms with Gasteiger partial charge >= 0.3 is 0 Å². The van der Waals surface area contributed by atoms with Crippen LogP contribution in [0.5, 0.6) is 5.75 Å². The van der Waals surface area contributed by atoms with Crippen molar-refractivity contribution in [1.29, 1.82) is 0 Å². The average Bonchev–Trinajstić information content (AvgIpc) is 2.29. The Labute approximate surface area is 96.4 Å². The summed E-state index contributed by atoms with van der Waals surface area (Å²) in [6.07, 6.45) is 6.50. The molecule has 1 aliphatic carbocycles. The zero-order valence-corrected chi connectivity index (χ0v) is 9.89. The van der Waals surface area contributed by atoms with E-state index in [0.29, 0.717) is 5.92 Å². The molecule has 2 rings (SSSR count). The van der Waals surface area contributed by atoms with Crippen LogP contribution in [-0.4, -0.2) is 7.11 Å². The monoisotopic (exact) mass is 224 g/mol. The van der Waals surface area contributed by atoms with Gasteiger partial charge in [0, 0.05) is 10.6 Å². The Kier molecular flexibility index (Phi) is 3.53. The van der Waals surface area contributed by atoms with Crippen LogP contribution in [0.1, 0.15) is 43.6 Å². The zero-order valence-electron chi connectivity index (χ0n) is 9.13. The summed E-state index contributed by atoms with van der Waals surface area (Å²) in [5, 5.41) is 0.862. The summed E-state index contributed by atoms with van der Waals surface area (Å²) in [5.74, 6) is 1.55. The molecule has 1 fully saturated rings. The molecule has 0 saturated heterocycles. The first-order chi connectivity index (χ1) is 7.33. The predicted octanol–water partition coefficient (Wildman–Crippen LogP) is 4.40. The summed E-state index contributed by atoms with van der Waals surface area (Å²) < 4.78 is 5.39. The quantitative estimate of drug-likeness (QED) is 0.724. The topological polar surface area (TPSA) is 9.23 Å². The molecule has 2 heteroatoms. The minimum Gasteiger partial charge on any atom is -0.496 e. The van der Waals surface area contributed by atoms with Crippen LogP contribution < -0.4 is 4.74 Å². The Bertz CT molecular complexity index is 329. The van der Waals surface area contributed by atoms with Gasteiger partial charge in [-0.1, -0.05) is 36.9 Å². The molecule has 1 aromatic carbocycles. The minimum absolute atomic E-state index is 0.599. The van der Waals surface area contributed by atoms with E-state index < -0.39 is 0 Å². The minimum atomic E-state index is 0.599. The highest BCUT2D eigenvalue weighted by Crippen LogP contribution is 2.41. The summed E-state index contributed by atoms with van der Waals surface area (Å²) in [4.78, 5) is 0. The van der Waals surface area contributed by atoms with Gasteiger partial charge in [0.15, 0.2) is 0 Å². The molecular weight excluding hydrogens is 208 g/mol. The van der Waals surface area contributed by atoms with Gasteiger partial charge in [-0.25, -0.2) is 0 Å². The summed E-state index contributed by atoms with van der Waals surface area (Å²) in [6.45, 7) is 0. The molecule has 0 amide bonds. The number of halogens is 1. The number of benzene rings is 1. The van der Waals surface area contributed by atoms with Crippen LogP contribution in [0.4, 0.5) is 0 Å². The van der Waals surface area contributed by atoms with Gasteiger partial charge in [-0.2, -0.15) is 0 Å². The molecule has 1 aromatic rings. The molecule has 1 aliphatic rings. The number of hydrogen-bond acceptors (Lipinski definition) is 1. The second kappa shape index (κ2) is 4.89. The maximum atomic E-state index is 6.26. The Morgan fingerprint density at radius 1 is 1.20 bits per heavy atom. The molecule has 1 nitrogen and oxygen atoms in total. The molecule has 1 saturated carbocycles. The van der Waals surface area contributed by atoms with Gasteiger partial charge < -0.3 is 4.74 Å². The van der Waals surface area contributed by atoms with Crippen molar-refractivity contribution in [2.24, 2.45) is 0 Å². The summed E-state index contributed by atoms with van der Waals surface area (Å²) in [5.41, 5.74) is 1.22. The second-order valence-electron chi connectivity index (χ2n) is 4.19. The van der Waals surface area contributed by atoms with Crippen molar-refractivity contribution in [2.75, 3.05) is 7.11 Å². The van der Waals surface area contributed by atoms with E-state index in [1.807, 2.05) is 18.2 Å². The predicted molar refractivity (Wildman–Crippen MR) is 63.8 cm³/mol. The Balaban J connectivity index is 2.31. The van der Waals surface area contributed by atoms with Crippen molar-refractivity contribution >= 4 is 11.6 Å². The van der Waals surface area contributed by atoms with Crippen LogP contribution in [0.25, 0.3) is 0 Å². The molecular formula is C13H17ClO.